The Balaban J connectivity index is 1.49. The predicted molar refractivity (Wildman–Crippen MR) is 87.3 cm³/mol. The lowest BCUT2D eigenvalue weighted by Crippen LogP contribution is -2.42. The van der Waals surface area contributed by atoms with E-state index in [1.807, 2.05) is 4.68 Å². The van der Waals surface area contributed by atoms with Crippen molar-refractivity contribution in [1.29, 1.82) is 0 Å². The fourth-order valence-corrected chi connectivity index (χ4v) is 3.61. The van der Waals surface area contributed by atoms with E-state index in [0.29, 0.717) is 18.7 Å². The van der Waals surface area contributed by atoms with Crippen molar-refractivity contribution in [3.8, 4) is 0 Å². The summed E-state index contributed by atoms with van der Waals surface area (Å²) in [5.74, 6) is 0.384. The number of benzene rings is 1. The molecule has 0 bridgehead atoms. The molecule has 1 amide bonds. The number of aryl methyl sites for hydroxylation is 1. The van der Waals surface area contributed by atoms with E-state index in [1.54, 1.807) is 17.3 Å². The average molecular weight is 350 g/mol. The number of carbonyl (C=O) groups excluding carboxylic acids is 1. The van der Waals surface area contributed by atoms with Gasteiger partial charge in [-0.3, -0.25) is 10.1 Å². The summed E-state index contributed by atoms with van der Waals surface area (Å²) in [4.78, 5) is 18.7. The van der Waals surface area contributed by atoms with Crippen LogP contribution >= 0.6 is 11.6 Å². The third kappa shape index (κ3) is 2.67. The Labute approximate surface area is 143 Å². The molecule has 1 aromatic carbocycles. The molecular weight excluding hydrogens is 333 g/mol. The first-order chi connectivity index (χ1) is 11.6. The van der Waals surface area contributed by atoms with Crippen LogP contribution in [0.25, 0.3) is 0 Å². The van der Waals surface area contributed by atoms with Crippen LogP contribution in [0.3, 0.4) is 0 Å². The van der Waals surface area contributed by atoms with E-state index in [1.165, 1.54) is 12.1 Å². The molecule has 1 saturated heterocycles. The molecule has 1 aromatic heterocycles. The van der Waals surface area contributed by atoms with Gasteiger partial charge in [-0.25, -0.2) is 14.1 Å². The zero-order valence-electron chi connectivity index (χ0n) is 13.0. The Kier molecular flexibility index (Phi) is 3.97. The van der Waals surface area contributed by atoms with Crippen molar-refractivity contribution in [3.05, 3.63) is 41.2 Å². The van der Waals surface area contributed by atoms with Crippen LogP contribution in [0.5, 0.6) is 0 Å². The van der Waals surface area contributed by atoms with Gasteiger partial charge in [0.05, 0.1) is 17.1 Å². The largest absolute Gasteiger partial charge is 0.311 e. The lowest BCUT2D eigenvalue weighted by Gasteiger charge is -2.26. The third-order valence-corrected chi connectivity index (χ3v) is 4.93. The molecule has 2 atom stereocenters. The molecule has 0 spiro atoms. The van der Waals surface area contributed by atoms with Gasteiger partial charge in [0.1, 0.15) is 18.0 Å². The van der Waals surface area contributed by atoms with Gasteiger partial charge < -0.3 is 4.90 Å². The van der Waals surface area contributed by atoms with Crippen LogP contribution < -0.4 is 10.2 Å². The highest BCUT2D eigenvalue weighted by Gasteiger charge is 2.35. The highest BCUT2D eigenvalue weighted by atomic mass is 35.5. The highest BCUT2D eigenvalue weighted by Crippen LogP contribution is 2.29. The second-order valence-corrected chi connectivity index (χ2v) is 6.54. The molecule has 2 unspecified atom stereocenters. The van der Waals surface area contributed by atoms with E-state index >= 15 is 0 Å². The van der Waals surface area contributed by atoms with Gasteiger partial charge in [0, 0.05) is 18.8 Å². The maximum absolute atomic E-state index is 13.3. The Bertz CT molecular complexity index is 780. The summed E-state index contributed by atoms with van der Waals surface area (Å²) in [6, 6.07) is 4.12. The molecule has 8 heteroatoms. The first-order valence-electron chi connectivity index (χ1n) is 8.03. The monoisotopic (exact) mass is 349 g/mol. The van der Waals surface area contributed by atoms with E-state index in [9.17, 15) is 9.18 Å². The minimum Gasteiger partial charge on any atom is -0.311 e. The zero-order chi connectivity index (χ0) is 16.7. The molecule has 24 heavy (non-hydrogen) atoms. The Morgan fingerprint density at radius 3 is 2.96 bits per heavy atom. The number of aromatic nitrogens is 3. The molecule has 0 aliphatic carbocycles. The van der Waals surface area contributed by atoms with E-state index in [0.717, 1.165) is 25.2 Å². The first-order valence-corrected chi connectivity index (χ1v) is 8.41. The van der Waals surface area contributed by atoms with Crippen molar-refractivity contribution in [3.63, 3.8) is 0 Å². The standard InChI is InChI=1S/C16H17ClFN5O/c17-11-8-10(3-4-12(11)18)22-7-5-14(16(22)24)21-13-2-1-6-23-15(13)19-9-20-23/h3-4,8-9,13-14,21H,1-2,5-7H2. The number of anilines is 1. The molecule has 6 nitrogen and oxygen atoms in total. The molecule has 126 valence electrons. The second-order valence-electron chi connectivity index (χ2n) is 6.13. The number of fused-ring (bicyclic) bond motifs is 1. The summed E-state index contributed by atoms with van der Waals surface area (Å²) in [5.41, 5.74) is 0.627. The topological polar surface area (TPSA) is 63.1 Å². The average Bonchev–Trinajstić information content (AvgIpc) is 3.18. The molecule has 2 aliphatic heterocycles. The van der Waals surface area contributed by atoms with Crippen LogP contribution in [0.15, 0.2) is 24.5 Å². The summed E-state index contributed by atoms with van der Waals surface area (Å²) >= 11 is 5.83. The van der Waals surface area contributed by atoms with Crippen LogP contribution in [0.4, 0.5) is 10.1 Å². The molecule has 2 aliphatic rings. The minimum atomic E-state index is -0.483. The van der Waals surface area contributed by atoms with Gasteiger partial charge in [-0.05, 0) is 37.5 Å². The van der Waals surface area contributed by atoms with Gasteiger partial charge >= 0.3 is 0 Å². The first kappa shape index (κ1) is 15.5. The molecule has 3 heterocycles. The second kappa shape index (κ2) is 6.14. The number of carbonyl (C=O) groups is 1. The van der Waals surface area contributed by atoms with Crippen molar-refractivity contribution in [2.75, 3.05) is 11.4 Å². The van der Waals surface area contributed by atoms with Crippen LogP contribution in [-0.4, -0.2) is 33.3 Å². The van der Waals surface area contributed by atoms with Crippen LogP contribution in [-0.2, 0) is 11.3 Å². The SMILES string of the molecule is O=C1C(NC2CCCn3ncnc32)CCN1c1ccc(F)c(Cl)c1. The Morgan fingerprint density at radius 2 is 2.12 bits per heavy atom. The number of halogens is 2. The van der Waals surface area contributed by atoms with Gasteiger partial charge in [0.25, 0.3) is 0 Å². The predicted octanol–water partition coefficient (Wildman–Crippen LogP) is 2.30. The van der Waals surface area contributed by atoms with Crippen LogP contribution in [0, 0.1) is 5.82 Å². The van der Waals surface area contributed by atoms with E-state index in [-0.39, 0.29) is 23.0 Å². The number of nitrogens with zero attached hydrogens (tertiary/aromatic N) is 4. The molecule has 0 saturated carbocycles. The smallest absolute Gasteiger partial charge is 0.244 e. The van der Waals surface area contributed by atoms with Gasteiger partial charge in [-0.15, -0.1) is 0 Å². The minimum absolute atomic E-state index is 0.0192. The number of hydrogen-bond acceptors (Lipinski definition) is 4. The molecule has 1 N–H and O–H groups in total. The highest BCUT2D eigenvalue weighted by molar-refractivity contribution is 6.31. The summed E-state index contributed by atoms with van der Waals surface area (Å²) in [6.45, 7) is 1.45. The summed E-state index contributed by atoms with van der Waals surface area (Å²) in [6.07, 6.45) is 4.19. The van der Waals surface area contributed by atoms with Gasteiger partial charge in [-0.1, -0.05) is 11.6 Å². The van der Waals surface area contributed by atoms with Gasteiger partial charge in [0.15, 0.2) is 0 Å². The van der Waals surface area contributed by atoms with E-state index in [4.69, 9.17) is 11.6 Å². The van der Waals surface area contributed by atoms with Gasteiger partial charge in [-0.2, -0.15) is 5.10 Å². The van der Waals surface area contributed by atoms with Crippen molar-refractivity contribution in [2.24, 2.45) is 0 Å². The molecule has 4 rings (SSSR count). The van der Waals surface area contributed by atoms with Gasteiger partial charge in [0.2, 0.25) is 5.91 Å². The number of nitrogens with one attached hydrogen (secondary N) is 1. The summed E-state index contributed by atoms with van der Waals surface area (Å²) in [5, 5.41) is 7.64. The zero-order valence-corrected chi connectivity index (χ0v) is 13.7. The third-order valence-electron chi connectivity index (χ3n) is 4.64. The molecule has 0 radical (unpaired) electrons. The summed E-state index contributed by atoms with van der Waals surface area (Å²) in [7, 11) is 0. The van der Waals surface area contributed by atoms with Crippen LogP contribution in [0.2, 0.25) is 5.02 Å². The fraction of sp³-hybridized carbons (Fsp3) is 0.438. The van der Waals surface area contributed by atoms with E-state index in [2.05, 4.69) is 15.4 Å². The summed E-state index contributed by atoms with van der Waals surface area (Å²) < 4.78 is 15.2. The maximum atomic E-state index is 13.3. The van der Waals surface area contributed by atoms with Crippen molar-refractivity contribution < 1.29 is 9.18 Å². The van der Waals surface area contributed by atoms with Crippen molar-refractivity contribution in [2.45, 2.75) is 37.9 Å². The molecule has 1 fully saturated rings. The number of amides is 1. The number of rotatable bonds is 3. The molecular formula is C16H17ClFN5O. The van der Waals surface area contributed by atoms with Crippen LogP contribution in [0.1, 0.15) is 31.1 Å². The fourth-order valence-electron chi connectivity index (χ4n) is 3.43. The Hall–Kier alpha value is -1.99. The van der Waals surface area contributed by atoms with E-state index < -0.39 is 5.82 Å². The Morgan fingerprint density at radius 1 is 1.25 bits per heavy atom. The van der Waals surface area contributed by atoms with Crippen molar-refractivity contribution >= 4 is 23.2 Å². The lowest BCUT2D eigenvalue weighted by atomic mass is 10.1. The molecule has 2 aromatic rings. The number of hydrogen-bond donors (Lipinski definition) is 1. The quantitative estimate of drug-likeness (QED) is 0.923. The van der Waals surface area contributed by atoms with Crippen molar-refractivity contribution in [1.82, 2.24) is 20.1 Å². The maximum Gasteiger partial charge on any atom is 0.244 e. The normalized spacial score (nSPS) is 23.6. The lowest BCUT2D eigenvalue weighted by molar-refractivity contribution is -0.119.